The molecule has 0 aromatic rings. The molecule has 4 fully saturated rings. The Labute approximate surface area is 97.4 Å². The molecule has 0 amide bonds. The van der Waals surface area contributed by atoms with E-state index in [1.54, 1.807) is 0 Å². The van der Waals surface area contributed by atoms with Crippen LogP contribution in [0.3, 0.4) is 0 Å². The first-order chi connectivity index (χ1) is 7.48. The van der Waals surface area contributed by atoms with Gasteiger partial charge in [0, 0.05) is 0 Å². The number of hydrogen-bond donors (Lipinski definition) is 1. The van der Waals surface area contributed by atoms with Crippen LogP contribution < -0.4 is 0 Å². The Morgan fingerprint density at radius 3 is 2.25 bits per heavy atom. The molecular formula is C14H22O2. The molecule has 0 heterocycles. The van der Waals surface area contributed by atoms with Crippen molar-refractivity contribution in [3.63, 3.8) is 0 Å². The lowest BCUT2D eigenvalue weighted by molar-refractivity contribution is -0.154. The summed E-state index contributed by atoms with van der Waals surface area (Å²) >= 11 is 0. The van der Waals surface area contributed by atoms with Gasteiger partial charge in [-0.2, -0.15) is 0 Å². The predicted molar refractivity (Wildman–Crippen MR) is 62.0 cm³/mol. The van der Waals surface area contributed by atoms with Gasteiger partial charge in [0.15, 0.2) is 0 Å². The Morgan fingerprint density at radius 1 is 1.25 bits per heavy atom. The molecule has 0 aromatic carbocycles. The molecule has 0 spiro atoms. The molecule has 4 aliphatic carbocycles. The fourth-order valence-corrected chi connectivity index (χ4v) is 5.45. The third-order valence-corrected chi connectivity index (χ3v) is 5.62. The monoisotopic (exact) mass is 222 g/mol. The normalized spacial score (nSPS) is 51.6. The molecule has 4 aliphatic rings. The number of aliphatic carboxylic acids is 1. The number of rotatable bonds is 2. The van der Waals surface area contributed by atoms with Crippen molar-refractivity contribution >= 4 is 5.97 Å². The van der Waals surface area contributed by atoms with Crippen molar-refractivity contribution in [2.45, 2.75) is 46.0 Å². The van der Waals surface area contributed by atoms with E-state index in [1.165, 1.54) is 32.1 Å². The highest BCUT2D eigenvalue weighted by Crippen LogP contribution is 2.63. The first-order valence-electron chi connectivity index (χ1n) is 6.71. The van der Waals surface area contributed by atoms with Gasteiger partial charge in [0.2, 0.25) is 0 Å². The van der Waals surface area contributed by atoms with Crippen molar-refractivity contribution in [2.24, 2.45) is 35.0 Å². The molecule has 0 aliphatic heterocycles. The average molecular weight is 222 g/mol. The number of carbonyl (C=O) groups is 1. The second-order valence-electron chi connectivity index (χ2n) is 6.98. The highest BCUT2D eigenvalue weighted by Gasteiger charge is 2.55. The molecule has 2 heteroatoms. The summed E-state index contributed by atoms with van der Waals surface area (Å²) in [5, 5.41) is 9.23. The summed E-state index contributed by atoms with van der Waals surface area (Å²) in [6.45, 7) is 4.36. The smallest absolute Gasteiger partial charge is 0.306 e. The van der Waals surface area contributed by atoms with Crippen molar-refractivity contribution < 1.29 is 9.90 Å². The predicted octanol–water partition coefficient (Wildman–Crippen LogP) is 3.17. The van der Waals surface area contributed by atoms with Crippen LogP contribution in [0, 0.1) is 35.0 Å². The Morgan fingerprint density at radius 2 is 1.81 bits per heavy atom. The van der Waals surface area contributed by atoms with Crippen LogP contribution in [0.4, 0.5) is 0 Å². The quantitative estimate of drug-likeness (QED) is 0.779. The van der Waals surface area contributed by atoms with Gasteiger partial charge in [-0.15, -0.1) is 0 Å². The highest BCUT2D eigenvalue weighted by atomic mass is 16.4. The molecule has 3 unspecified atom stereocenters. The van der Waals surface area contributed by atoms with Crippen LogP contribution in [0.15, 0.2) is 0 Å². The van der Waals surface area contributed by atoms with Gasteiger partial charge in [-0.3, -0.25) is 4.79 Å². The Balaban J connectivity index is 1.86. The third-order valence-electron chi connectivity index (χ3n) is 5.62. The minimum Gasteiger partial charge on any atom is -0.481 e. The lowest BCUT2D eigenvalue weighted by atomic mass is 9.45. The van der Waals surface area contributed by atoms with Gasteiger partial charge < -0.3 is 5.11 Å². The Hall–Kier alpha value is -0.530. The lowest BCUT2D eigenvalue weighted by Crippen LogP contribution is -2.52. The molecule has 3 atom stereocenters. The number of carboxylic acid groups (broad SMARTS) is 1. The molecule has 90 valence electrons. The summed E-state index contributed by atoms with van der Waals surface area (Å²) in [4.78, 5) is 11.2. The van der Waals surface area contributed by atoms with Gasteiger partial charge in [-0.05, 0) is 61.2 Å². The zero-order chi connectivity index (χ0) is 11.5. The van der Waals surface area contributed by atoms with Crippen LogP contribution in [0.25, 0.3) is 0 Å². The van der Waals surface area contributed by atoms with E-state index in [9.17, 15) is 9.90 Å². The second-order valence-corrected chi connectivity index (χ2v) is 6.98. The first-order valence-corrected chi connectivity index (χ1v) is 6.71. The number of hydrogen-bond acceptors (Lipinski definition) is 1. The van der Waals surface area contributed by atoms with E-state index in [2.05, 4.69) is 6.92 Å². The lowest BCUT2D eigenvalue weighted by Gasteiger charge is -2.60. The van der Waals surface area contributed by atoms with E-state index >= 15 is 0 Å². The summed E-state index contributed by atoms with van der Waals surface area (Å²) < 4.78 is 0. The largest absolute Gasteiger partial charge is 0.481 e. The molecular weight excluding hydrogens is 200 g/mol. The van der Waals surface area contributed by atoms with E-state index in [0.717, 1.165) is 5.92 Å². The van der Waals surface area contributed by atoms with E-state index in [4.69, 9.17) is 0 Å². The van der Waals surface area contributed by atoms with Gasteiger partial charge in [-0.25, -0.2) is 0 Å². The third kappa shape index (κ3) is 1.42. The maximum absolute atomic E-state index is 11.2. The summed E-state index contributed by atoms with van der Waals surface area (Å²) in [5.74, 6) is 2.10. The zero-order valence-corrected chi connectivity index (χ0v) is 10.3. The summed E-state index contributed by atoms with van der Waals surface area (Å²) in [6, 6.07) is 0. The van der Waals surface area contributed by atoms with Crippen LogP contribution >= 0.6 is 0 Å². The average Bonchev–Trinajstić information content (AvgIpc) is 2.13. The highest BCUT2D eigenvalue weighted by molar-refractivity contribution is 5.70. The van der Waals surface area contributed by atoms with Crippen LogP contribution in [0.5, 0.6) is 0 Å². The molecule has 0 aromatic heterocycles. The van der Waals surface area contributed by atoms with E-state index in [-0.39, 0.29) is 5.92 Å². The number of carboxylic acids is 1. The van der Waals surface area contributed by atoms with Crippen molar-refractivity contribution in [1.29, 1.82) is 0 Å². The minimum atomic E-state index is -0.581. The van der Waals surface area contributed by atoms with Crippen molar-refractivity contribution in [2.75, 3.05) is 0 Å². The summed E-state index contributed by atoms with van der Waals surface area (Å²) in [7, 11) is 0. The van der Waals surface area contributed by atoms with Gasteiger partial charge in [0.1, 0.15) is 0 Å². The van der Waals surface area contributed by atoms with Gasteiger partial charge in [0.05, 0.1) is 5.92 Å². The Bertz CT molecular complexity index is 307. The molecule has 0 radical (unpaired) electrons. The van der Waals surface area contributed by atoms with Crippen LogP contribution in [-0.4, -0.2) is 11.1 Å². The van der Waals surface area contributed by atoms with Crippen LogP contribution in [-0.2, 0) is 4.79 Å². The molecule has 4 rings (SSSR count). The van der Waals surface area contributed by atoms with Gasteiger partial charge in [-0.1, -0.05) is 13.8 Å². The van der Waals surface area contributed by atoms with Gasteiger partial charge in [0.25, 0.3) is 0 Å². The fraction of sp³-hybridized carbons (Fsp3) is 0.929. The molecule has 16 heavy (non-hydrogen) atoms. The SMILES string of the molecule is CC(C(=O)O)C1C2CC3CC1CC(C)(C3)C2. The molecule has 4 saturated carbocycles. The molecule has 1 N–H and O–H groups in total. The minimum absolute atomic E-state index is 0.126. The topological polar surface area (TPSA) is 37.3 Å². The molecule has 0 saturated heterocycles. The van der Waals surface area contributed by atoms with Crippen LogP contribution in [0.2, 0.25) is 0 Å². The van der Waals surface area contributed by atoms with Crippen molar-refractivity contribution in [3.05, 3.63) is 0 Å². The molecule has 4 bridgehead atoms. The van der Waals surface area contributed by atoms with E-state index in [1.807, 2.05) is 6.92 Å². The Kier molecular flexibility index (Phi) is 2.15. The maximum Gasteiger partial charge on any atom is 0.306 e. The summed E-state index contributed by atoms with van der Waals surface area (Å²) in [6.07, 6.45) is 6.63. The zero-order valence-electron chi connectivity index (χ0n) is 10.3. The van der Waals surface area contributed by atoms with Crippen molar-refractivity contribution in [3.8, 4) is 0 Å². The van der Waals surface area contributed by atoms with Gasteiger partial charge >= 0.3 is 5.97 Å². The summed E-state index contributed by atoms with van der Waals surface area (Å²) in [5.41, 5.74) is 0.561. The first kappa shape index (κ1) is 10.6. The second kappa shape index (κ2) is 3.24. The standard InChI is InChI=1S/C14H22O2/c1-8(13(15)16)12-10-3-9-4-11(12)7-14(2,5-9)6-10/h8-12H,3-7H2,1-2H3,(H,15,16). The fourth-order valence-electron chi connectivity index (χ4n) is 5.45. The van der Waals surface area contributed by atoms with Crippen LogP contribution in [0.1, 0.15) is 46.0 Å². The van der Waals surface area contributed by atoms with E-state index in [0.29, 0.717) is 23.2 Å². The molecule has 2 nitrogen and oxygen atoms in total. The maximum atomic E-state index is 11.2. The van der Waals surface area contributed by atoms with E-state index < -0.39 is 5.97 Å². The van der Waals surface area contributed by atoms with Crippen molar-refractivity contribution in [1.82, 2.24) is 0 Å².